The first-order chi connectivity index (χ1) is 10.6. The van der Waals surface area contributed by atoms with E-state index in [9.17, 15) is 4.79 Å². The van der Waals surface area contributed by atoms with Gasteiger partial charge in [-0.3, -0.25) is 4.79 Å². The highest BCUT2D eigenvalue weighted by Crippen LogP contribution is 2.12. The summed E-state index contributed by atoms with van der Waals surface area (Å²) in [6.45, 7) is 3.66. The van der Waals surface area contributed by atoms with Gasteiger partial charge in [-0.15, -0.1) is 5.10 Å². The summed E-state index contributed by atoms with van der Waals surface area (Å²) < 4.78 is 1.53. The highest BCUT2D eigenvalue weighted by atomic mass is 16.3. The lowest BCUT2D eigenvalue weighted by Crippen LogP contribution is -2.14. The predicted octanol–water partition coefficient (Wildman–Crippen LogP) is 1.49. The van der Waals surface area contributed by atoms with Crippen LogP contribution in [0, 0.1) is 13.8 Å². The molecule has 1 amide bonds. The van der Waals surface area contributed by atoms with E-state index in [1.807, 2.05) is 19.9 Å². The van der Waals surface area contributed by atoms with Crippen molar-refractivity contribution in [2.24, 2.45) is 0 Å². The van der Waals surface area contributed by atoms with Crippen LogP contribution in [0.25, 0.3) is 5.78 Å². The summed E-state index contributed by atoms with van der Waals surface area (Å²) in [5, 5.41) is 16.0. The van der Waals surface area contributed by atoms with E-state index in [2.05, 4.69) is 20.4 Å². The number of carbonyl (C=O) groups is 1. The van der Waals surface area contributed by atoms with Crippen molar-refractivity contribution in [3.8, 4) is 0 Å². The van der Waals surface area contributed by atoms with Crippen molar-refractivity contribution in [3.63, 3.8) is 0 Å². The fraction of sp³-hybridized carbons (Fsp3) is 0.200. The number of nitrogens with one attached hydrogen (secondary N) is 1. The SMILES string of the molecule is Cc1cc(C)n2nc(C(=O)Nc3cccc(CO)c3)nc2n1. The summed E-state index contributed by atoms with van der Waals surface area (Å²) in [6.07, 6.45) is 0. The third kappa shape index (κ3) is 2.66. The molecule has 0 spiro atoms. The zero-order valence-corrected chi connectivity index (χ0v) is 12.2. The van der Waals surface area contributed by atoms with Crippen LogP contribution in [0.2, 0.25) is 0 Å². The molecule has 0 unspecified atom stereocenters. The molecule has 7 heteroatoms. The van der Waals surface area contributed by atoms with Crippen LogP contribution in [-0.4, -0.2) is 30.6 Å². The highest BCUT2D eigenvalue weighted by molar-refractivity contribution is 6.01. The van der Waals surface area contributed by atoms with Gasteiger partial charge in [-0.2, -0.15) is 4.98 Å². The van der Waals surface area contributed by atoms with Crippen LogP contribution in [0.5, 0.6) is 0 Å². The maximum Gasteiger partial charge on any atom is 0.295 e. The Hall–Kier alpha value is -2.80. The van der Waals surface area contributed by atoms with Crippen LogP contribution < -0.4 is 5.32 Å². The molecule has 3 aromatic rings. The molecule has 0 radical (unpaired) electrons. The Balaban J connectivity index is 1.90. The molecule has 3 rings (SSSR count). The summed E-state index contributed by atoms with van der Waals surface area (Å²) in [5.74, 6) is 0.0278. The minimum atomic E-state index is -0.419. The van der Waals surface area contributed by atoms with Gasteiger partial charge in [0.15, 0.2) is 0 Å². The van der Waals surface area contributed by atoms with Gasteiger partial charge in [-0.25, -0.2) is 9.50 Å². The molecule has 2 N–H and O–H groups in total. The van der Waals surface area contributed by atoms with E-state index >= 15 is 0 Å². The Morgan fingerprint density at radius 2 is 2.09 bits per heavy atom. The van der Waals surface area contributed by atoms with Gasteiger partial charge in [-0.05, 0) is 37.6 Å². The number of hydrogen-bond acceptors (Lipinski definition) is 5. The molecule has 7 nitrogen and oxygen atoms in total. The molecule has 0 atom stereocenters. The molecule has 0 aliphatic heterocycles. The van der Waals surface area contributed by atoms with Crippen LogP contribution in [0.1, 0.15) is 27.6 Å². The topological polar surface area (TPSA) is 92.4 Å². The van der Waals surface area contributed by atoms with Crippen molar-refractivity contribution in [1.29, 1.82) is 0 Å². The maximum absolute atomic E-state index is 12.2. The lowest BCUT2D eigenvalue weighted by atomic mass is 10.2. The van der Waals surface area contributed by atoms with E-state index < -0.39 is 5.91 Å². The van der Waals surface area contributed by atoms with E-state index in [-0.39, 0.29) is 12.4 Å². The van der Waals surface area contributed by atoms with Crippen molar-refractivity contribution in [3.05, 3.63) is 53.1 Å². The Bertz CT molecular complexity index is 856. The molecule has 0 bridgehead atoms. The van der Waals surface area contributed by atoms with E-state index in [1.54, 1.807) is 24.3 Å². The van der Waals surface area contributed by atoms with Crippen LogP contribution in [0.3, 0.4) is 0 Å². The molecule has 1 aromatic carbocycles. The van der Waals surface area contributed by atoms with E-state index in [1.165, 1.54) is 4.52 Å². The van der Waals surface area contributed by atoms with Crippen LogP contribution in [0.4, 0.5) is 5.69 Å². The number of aliphatic hydroxyl groups excluding tert-OH is 1. The molecular formula is C15H15N5O2. The van der Waals surface area contributed by atoms with Gasteiger partial charge in [0.1, 0.15) is 0 Å². The average molecular weight is 297 g/mol. The Morgan fingerprint density at radius 3 is 2.86 bits per heavy atom. The van der Waals surface area contributed by atoms with Gasteiger partial charge in [0.2, 0.25) is 5.82 Å². The quantitative estimate of drug-likeness (QED) is 0.764. The van der Waals surface area contributed by atoms with Crippen molar-refractivity contribution in [2.75, 3.05) is 5.32 Å². The number of carbonyl (C=O) groups excluding carboxylic acids is 1. The first-order valence-corrected chi connectivity index (χ1v) is 6.79. The lowest BCUT2D eigenvalue weighted by molar-refractivity contribution is 0.101. The van der Waals surface area contributed by atoms with Crippen LogP contribution in [0.15, 0.2) is 30.3 Å². The first-order valence-electron chi connectivity index (χ1n) is 6.79. The monoisotopic (exact) mass is 297 g/mol. The number of fused-ring (bicyclic) bond motifs is 1. The maximum atomic E-state index is 12.2. The molecule has 22 heavy (non-hydrogen) atoms. The van der Waals surface area contributed by atoms with E-state index in [0.717, 1.165) is 11.4 Å². The van der Waals surface area contributed by atoms with Gasteiger partial charge in [-0.1, -0.05) is 12.1 Å². The third-order valence-electron chi connectivity index (χ3n) is 3.19. The summed E-state index contributed by atoms with van der Waals surface area (Å²) >= 11 is 0. The predicted molar refractivity (Wildman–Crippen MR) is 80.6 cm³/mol. The smallest absolute Gasteiger partial charge is 0.295 e. The van der Waals surface area contributed by atoms with Gasteiger partial charge in [0, 0.05) is 17.1 Å². The molecule has 0 fully saturated rings. The summed E-state index contributed by atoms with van der Waals surface area (Å²) in [4.78, 5) is 20.6. The second-order valence-electron chi connectivity index (χ2n) is 5.00. The number of aryl methyl sites for hydroxylation is 2. The van der Waals surface area contributed by atoms with Crippen LogP contribution >= 0.6 is 0 Å². The average Bonchev–Trinajstić information content (AvgIpc) is 2.92. The molecule has 0 saturated carbocycles. The van der Waals surface area contributed by atoms with Crippen LogP contribution in [-0.2, 0) is 6.61 Å². The molecule has 112 valence electrons. The number of benzene rings is 1. The molecule has 0 aliphatic carbocycles. The van der Waals surface area contributed by atoms with Crippen molar-refractivity contribution in [2.45, 2.75) is 20.5 Å². The van der Waals surface area contributed by atoms with Gasteiger partial charge >= 0.3 is 0 Å². The minimum Gasteiger partial charge on any atom is -0.392 e. The fourth-order valence-electron chi connectivity index (χ4n) is 2.20. The molecular weight excluding hydrogens is 282 g/mol. The lowest BCUT2D eigenvalue weighted by Gasteiger charge is -2.03. The molecule has 2 aromatic heterocycles. The van der Waals surface area contributed by atoms with Crippen molar-refractivity contribution < 1.29 is 9.90 Å². The molecule has 0 aliphatic rings. The minimum absolute atomic E-state index is 0.0515. The fourth-order valence-corrected chi connectivity index (χ4v) is 2.20. The molecule has 2 heterocycles. The van der Waals surface area contributed by atoms with Gasteiger partial charge < -0.3 is 10.4 Å². The van der Waals surface area contributed by atoms with Gasteiger partial charge in [0.05, 0.1) is 6.61 Å². The highest BCUT2D eigenvalue weighted by Gasteiger charge is 2.15. The van der Waals surface area contributed by atoms with Gasteiger partial charge in [0.25, 0.3) is 11.7 Å². The number of rotatable bonds is 3. The third-order valence-corrected chi connectivity index (χ3v) is 3.19. The standard InChI is InChI=1S/C15H15N5O2/c1-9-6-10(2)20-15(16-9)18-13(19-20)14(22)17-12-5-3-4-11(7-12)8-21/h3-7,21H,8H2,1-2H3,(H,17,22). The zero-order chi connectivity index (χ0) is 15.7. The summed E-state index contributed by atoms with van der Waals surface area (Å²) in [6, 6.07) is 8.83. The first kappa shape index (κ1) is 14.2. The number of nitrogens with zero attached hydrogens (tertiary/aromatic N) is 4. The van der Waals surface area contributed by atoms with Crippen molar-refractivity contribution >= 4 is 17.4 Å². The zero-order valence-electron chi connectivity index (χ0n) is 12.2. The Labute approximate surface area is 126 Å². The number of hydrogen-bond donors (Lipinski definition) is 2. The normalized spacial score (nSPS) is 10.9. The largest absolute Gasteiger partial charge is 0.392 e. The van der Waals surface area contributed by atoms with E-state index in [0.29, 0.717) is 17.0 Å². The Kier molecular flexibility index (Phi) is 3.56. The summed E-state index contributed by atoms with van der Waals surface area (Å²) in [5.41, 5.74) is 2.97. The van der Waals surface area contributed by atoms with E-state index in [4.69, 9.17) is 5.11 Å². The second kappa shape index (κ2) is 5.53. The Morgan fingerprint density at radius 1 is 1.27 bits per heavy atom. The number of aliphatic hydroxyl groups is 1. The molecule has 0 saturated heterocycles. The number of aromatic nitrogens is 4. The second-order valence-corrected chi connectivity index (χ2v) is 5.00. The van der Waals surface area contributed by atoms with Crippen molar-refractivity contribution in [1.82, 2.24) is 19.6 Å². The number of amides is 1. The summed E-state index contributed by atoms with van der Waals surface area (Å²) in [7, 11) is 0. The number of anilines is 1.